The molecule has 3 aromatic rings. The lowest BCUT2D eigenvalue weighted by molar-refractivity contribution is -0.121. The fourth-order valence-corrected chi connectivity index (χ4v) is 2.43. The van der Waals surface area contributed by atoms with E-state index in [1.807, 2.05) is 6.07 Å². The summed E-state index contributed by atoms with van der Waals surface area (Å²) >= 11 is 0. The number of amides is 1. The molecule has 0 bridgehead atoms. The smallest absolute Gasteiger partial charge is 0.220 e. The van der Waals surface area contributed by atoms with Gasteiger partial charge in [-0.3, -0.25) is 4.79 Å². The highest BCUT2D eigenvalue weighted by Gasteiger charge is 2.09. The third-order valence-corrected chi connectivity index (χ3v) is 3.79. The second-order valence-corrected chi connectivity index (χ2v) is 5.71. The zero-order valence-corrected chi connectivity index (χ0v) is 13.9. The standard InChI is InChI=1S/C20H16FN3O2/c21-17-6-4-16(5-7-17)18-13-24-20(26-18)9-8-19(25)23-12-15-3-1-2-14(10-15)11-22/h1-7,10,13H,8-9,12H2,(H,23,25). The number of halogens is 1. The lowest BCUT2D eigenvalue weighted by Gasteiger charge is -2.04. The molecular weight excluding hydrogens is 333 g/mol. The van der Waals surface area contributed by atoms with E-state index >= 15 is 0 Å². The Labute approximate surface area is 150 Å². The van der Waals surface area contributed by atoms with Crippen molar-refractivity contribution in [1.82, 2.24) is 10.3 Å². The Kier molecular flexibility index (Phi) is 5.40. The molecule has 0 atom stereocenters. The molecular formula is C20H16FN3O2. The molecule has 1 amide bonds. The van der Waals surface area contributed by atoms with Crippen LogP contribution in [0.1, 0.15) is 23.4 Å². The number of aryl methyl sites for hydroxylation is 1. The molecule has 2 aromatic carbocycles. The number of benzene rings is 2. The van der Waals surface area contributed by atoms with E-state index in [9.17, 15) is 9.18 Å². The molecule has 0 fully saturated rings. The monoisotopic (exact) mass is 349 g/mol. The number of hydrogen-bond donors (Lipinski definition) is 1. The van der Waals surface area contributed by atoms with Gasteiger partial charge in [-0.05, 0) is 42.0 Å². The molecule has 5 nitrogen and oxygen atoms in total. The average molecular weight is 349 g/mol. The van der Waals surface area contributed by atoms with E-state index in [1.165, 1.54) is 12.1 Å². The van der Waals surface area contributed by atoms with Crippen LogP contribution in [0.3, 0.4) is 0 Å². The van der Waals surface area contributed by atoms with Crippen molar-refractivity contribution >= 4 is 5.91 Å². The Hall–Kier alpha value is -3.46. The van der Waals surface area contributed by atoms with Crippen LogP contribution >= 0.6 is 0 Å². The van der Waals surface area contributed by atoms with Crippen molar-refractivity contribution in [1.29, 1.82) is 5.26 Å². The quantitative estimate of drug-likeness (QED) is 0.737. The molecule has 0 radical (unpaired) electrons. The van der Waals surface area contributed by atoms with Crippen molar-refractivity contribution in [3.63, 3.8) is 0 Å². The lowest BCUT2D eigenvalue weighted by Crippen LogP contribution is -2.23. The normalized spacial score (nSPS) is 10.3. The van der Waals surface area contributed by atoms with Crippen LogP contribution < -0.4 is 5.32 Å². The largest absolute Gasteiger partial charge is 0.441 e. The maximum absolute atomic E-state index is 12.9. The molecule has 1 aromatic heterocycles. The number of aromatic nitrogens is 1. The summed E-state index contributed by atoms with van der Waals surface area (Å²) in [4.78, 5) is 16.1. The molecule has 0 saturated heterocycles. The van der Waals surface area contributed by atoms with Crippen LogP contribution in [-0.2, 0) is 17.8 Å². The van der Waals surface area contributed by atoms with Gasteiger partial charge in [0, 0.05) is 24.9 Å². The van der Waals surface area contributed by atoms with Gasteiger partial charge in [-0.2, -0.15) is 5.26 Å². The third-order valence-electron chi connectivity index (χ3n) is 3.79. The number of nitrogens with one attached hydrogen (secondary N) is 1. The summed E-state index contributed by atoms with van der Waals surface area (Å²) in [5, 5.41) is 11.7. The summed E-state index contributed by atoms with van der Waals surface area (Å²) in [6.07, 6.45) is 2.17. The molecule has 1 heterocycles. The minimum Gasteiger partial charge on any atom is -0.441 e. The number of carbonyl (C=O) groups excluding carboxylic acids is 1. The number of nitriles is 1. The van der Waals surface area contributed by atoms with E-state index in [2.05, 4.69) is 16.4 Å². The first kappa shape index (κ1) is 17.4. The van der Waals surface area contributed by atoms with Gasteiger partial charge in [0.2, 0.25) is 5.91 Å². The minimum absolute atomic E-state index is 0.131. The first-order valence-corrected chi connectivity index (χ1v) is 8.10. The molecule has 3 rings (SSSR count). The topological polar surface area (TPSA) is 78.9 Å². The van der Waals surface area contributed by atoms with Crippen molar-refractivity contribution in [3.8, 4) is 17.4 Å². The van der Waals surface area contributed by atoms with Crippen LogP contribution in [0.4, 0.5) is 4.39 Å². The van der Waals surface area contributed by atoms with E-state index in [-0.39, 0.29) is 18.1 Å². The van der Waals surface area contributed by atoms with E-state index in [0.717, 1.165) is 11.1 Å². The summed E-state index contributed by atoms with van der Waals surface area (Å²) < 4.78 is 18.6. The van der Waals surface area contributed by atoms with Crippen molar-refractivity contribution in [2.75, 3.05) is 0 Å². The molecule has 0 aliphatic carbocycles. The van der Waals surface area contributed by atoms with Crippen LogP contribution in [0.5, 0.6) is 0 Å². The molecule has 0 aliphatic rings. The predicted octanol–water partition coefficient (Wildman–Crippen LogP) is 3.60. The average Bonchev–Trinajstić information content (AvgIpc) is 3.14. The predicted molar refractivity (Wildman–Crippen MR) is 93.2 cm³/mol. The Balaban J connectivity index is 1.50. The Morgan fingerprint density at radius 2 is 2.04 bits per heavy atom. The number of hydrogen-bond acceptors (Lipinski definition) is 4. The van der Waals surface area contributed by atoms with Crippen LogP contribution in [0, 0.1) is 17.1 Å². The molecule has 6 heteroatoms. The zero-order chi connectivity index (χ0) is 18.4. The van der Waals surface area contributed by atoms with Gasteiger partial charge < -0.3 is 9.73 Å². The highest BCUT2D eigenvalue weighted by Crippen LogP contribution is 2.21. The van der Waals surface area contributed by atoms with Gasteiger partial charge in [0.25, 0.3) is 0 Å². The van der Waals surface area contributed by atoms with Gasteiger partial charge >= 0.3 is 0 Å². The summed E-state index contributed by atoms with van der Waals surface area (Å²) in [6.45, 7) is 0.362. The highest BCUT2D eigenvalue weighted by molar-refractivity contribution is 5.76. The van der Waals surface area contributed by atoms with Crippen LogP contribution in [0.25, 0.3) is 11.3 Å². The van der Waals surface area contributed by atoms with Crippen LogP contribution in [0.15, 0.2) is 59.1 Å². The van der Waals surface area contributed by atoms with E-state index < -0.39 is 0 Å². The fraction of sp³-hybridized carbons (Fsp3) is 0.150. The van der Waals surface area contributed by atoms with Crippen molar-refractivity contribution in [3.05, 3.63) is 77.6 Å². The first-order chi connectivity index (χ1) is 12.6. The van der Waals surface area contributed by atoms with E-state index in [0.29, 0.717) is 30.2 Å². The Bertz CT molecular complexity index is 942. The Morgan fingerprint density at radius 3 is 2.81 bits per heavy atom. The second kappa shape index (κ2) is 8.08. The molecule has 26 heavy (non-hydrogen) atoms. The molecule has 1 N–H and O–H groups in total. The molecule has 0 saturated carbocycles. The summed E-state index contributed by atoms with van der Waals surface area (Å²) in [5.74, 6) is 0.541. The SMILES string of the molecule is N#Cc1cccc(CNC(=O)CCc2ncc(-c3ccc(F)cc3)o2)c1. The fourth-order valence-electron chi connectivity index (χ4n) is 2.43. The van der Waals surface area contributed by atoms with Crippen molar-refractivity contribution < 1.29 is 13.6 Å². The van der Waals surface area contributed by atoms with Gasteiger partial charge in [-0.1, -0.05) is 12.1 Å². The van der Waals surface area contributed by atoms with Gasteiger partial charge in [0.1, 0.15) is 5.82 Å². The maximum Gasteiger partial charge on any atom is 0.220 e. The molecule has 130 valence electrons. The van der Waals surface area contributed by atoms with Gasteiger partial charge in [0.15, 0.2) is 11.7 Å². The van der Waals surface area contributed by atoms with Gasteiger partial charge in [-0.25, -0.2) is 9.37 Å². The van der Waals surface area contributed by atoms with Crippen molar-refractivity contribution in [2.45, 2.75) is 19.4 Å². The minimum atomic E-state index is -0.314. The Morgan fingerprint density at radius 1 is 1.23 bits per heavy atom. The number of carbonyl (C=O) groups is 1. The maximum atomic E-state index is 12.9. The first-order valence-electron chi connectivity index (χ1n) is 8.10. The van der Waals surface area contributed by atoms with E-state index in [4.69, 9.17) is 9.68 Å². The highest BCUT2D eigenvalue weighted by atomic mass is 19.1. The van der Waals surface area contributed by atoms with Crippen LogP contribution in [-0.4, -0.2) is 10.9 Å². The number of oxazole rings is 1. The van der Waals surface area contributed by atoms with Crippen molar-refractivity contribution in [2.24, 2.45) is 0 Å². The molecule has 0 spiro atoms. The van der Waals surface area contributed by atoms with Gasteiger partial charge in [-0.15, -0.1) is 0 Å². The van der Waals surface area contributed by atoms with Gasteiger partial charge in [0.05, 0.1) is 17.8 Å². The van der Waals surface area contributed by atoms with Crippen LogP contribution in [0.2, 0.25) is 0 Å². The number of nitrogens with zero attached hydrogens (tertiary/aromatic N) is 2. The lowest BCUT2D eigenvalue weighted by atomic mass is 10.1. The summed E-state index contributed by atoms with van der Waals surface area (Å²) in [5.41, 5.74) is 2.16. The number of rotatable bonds is 6. The van der Waals surface area contributed by atoms with E-state index in [1.54, 1.807) is 36.5 Å². The summed E-state index contributed by atoms with van der Waals surface area (Å²) in [6, 6.07) is 15.1. The third kappa shape index (κ3) is 4.54. The molecule has 0 unspecified atom stereocenters. The molecule has 0 aliphatic heterocycles. The second-order valence-electron chi connectivity index (χ2n) is 5.71. The zero-order valence-electron chi connectivity index (χ0n) is 13.9. The summed E-state index contributed by atoms with van der Waals surface area (Å²) in [7, 11) is 0.